The molecule has 2 unspecified atom stereocenters. The minimum atomic E-state index is -1.74. The quantitative estimate of drug-likeness (QED) is 0.219. The molecule has 2 fully saturated rings. The van der Waals surface area contributed by atoms with Crippen molar-refractivity contribution < 1.29 is 23.9 Å². The highest BCUT2D eigenvalue weighted by Crippen LogP contribution is 2.39. The first-order chi connectivity index (χ1) is 19.8. The summed E-state index contributed by atoms with van der Waals surface area (Å²) in [7, 11) is -0.0769. The summed E-state index contributed by atoms with van der Waals surface area (Å²) in [6, 6.07) is 14.8. The topological polar surface area (TPSA) is 79.3 Å². The van der Waals surface area contributed by atoms with E-state index in [1.807, 2.05) is 24.0 Å². The van der Waals surface area contributed by atoms with Gasteiger partial charge in [-0.3, -0.25) is 4.79 Å². The van der Waals surface area contributed by atoms with Gasteiger partial charge in [-0.25, -0.2) is 4.79 Å². The molecule has 230 valence electrons. The van der Waals surface area contributed by atoms with Crippen molar-refractivity contribution in [2.45, 2.75) is 96.4 Å². The summed E-state index contributed by atoms with van der Waals surface area (Å²) < 4.78 is 11.9. The normalized spacial score (nSPS) is 19.5. The van der Waals surface area contributed by atoms with Crippen LogP contribution in [0.3, 0.4) is 0 Å². The Labute approximate surface area is 253 Å². The van der Waals surface area contributed by atoms with Gasteiger partial charge in [-0.1, -0.05) is 57.2 Å². The highest BCUT2D eigenvalue weighted by atomic mass is 28.4. The summed E-state index contributed by atoms with van der Waals surface area (Å²) in [5.41, 5.74) is 4.49. The average Bonchev–Trinajstić information content (AvgIpc) is 3.79. The first kappa shape index (κ1) is 32.1. The molecule has 1 saturated carbocycles. The van der Waals surface area contributed by atoms with Crippen molar-refractivity contribution in [2.24, 2.45) is 5.92 Å². The van der Waals surface area contributed by atoms with E-state index in [9.17, 15) is 14.7 Å². The number of amides is 2. The van der Waals surface area contributed by atoms with Gasteiger partial charge >= 0.3 is 6.09 Å². The minimum Gasteiger partial charge on any atom is -0.496 e. The standard InChI is InChI=1S/C34H50N2O5Si/c1-24-27(11-8-12-31(24)40-5)22-36(28-17-18-28)32(37)30-23-35(33(38)39)20-19-29(30)26-15-13-25(14-16-26)10-9-21-41-42(6,7)34(2,3)4/h8,11-16,28-30H,9-10,17-23H2,1-7H3,(H,38,39). The van der Waals surface area contributed by atoms with Crippen molar-refractivity contribution in [1.29, 1.82) is 0 Å². The molecule has 2 atom stereocenters. The zero-order chi connectivity index (χ0) is 30.7. The molecule has 0 bridgehead atoms. The molecule has 2 aromatic rings. The number of carbonyl (C=O) groups excluding carboxylic acids is 1. The predicted octanol–water partition coefficient (Wildman–Crippen LogP) is 7.23. The highest BCUT2D eigenvalue weighted by Gasteiger charge is 2.43. The summed E-state index contributed by atoms with van der Waals surface area (Å²) >= 11 is 0. The van der Waals surface area contributed by atoms with E-state index in [1.54, 1.807) is 7.11 Å². The number of rotatable bonds is 11. The molecule has 1 N–H and O–H groups in total. The second kappa shape index (κ2) is 13.2. The molecule has 0 spiro atoms. The molecule has 0 aromatic heterocycles. The van der Waals surface area contributed by atoms with Gasteiger partial charge < -0.3 is 24.1 Å². The Hall–Kier alpha value is -2.84. The number of ether oxygens (including phenoxy) is 1. The summed E-state index contributed by atoms with van der Waals surface area (Å²) in [4.78, 5) is 29.6. The number of aryl methyl sites for hydroxylation is 1. The lowest BCUT2D eigenvalue weighted by Crippen LogP contribution is -2.49. The van der Waals surface area contributed by atoms with Crippen molar-refractivity contribution in [1.82, 2.24) is 9.80 Å². The van der Waals surface area contributed by atoms with Crippen molar-refractivity contribution in [3.8, 4) is 5.75 Å². The Balaban J connectivity index is 1.48. The number of piperidine rings is 1. The van der Waals surface area contributed by atoms with E-state index in [1.165, 1.54) is 10.5 Å². The van der Waals surface area contributed by atoms with E-state index in [0.29, 0.717) is 19.5 Å². The minimum absolute atomic E-state index is 0.0169. The van der Waals surface area contributed by atoms with Crippen LogP contribution in [0.1, 0.15) is 74.6 Å². The zero-order valence-electron chi connectivity index (χ0n) is 26.6. The van der Waals surface area contributed by atoms with Crippen LogP contribution in [0.5, 0.6) is 5.75 Å². The van der Waals surface area contributed by atoms with Crippen molar-refractivity contribution in [2.75, 3.05) is 26.8 Å². The van der Waals surface area contributed by atoms with E-state index in [4.69, 9.17) is 9.16 Å². The Morgan fingerprint density at radius 3 is 2.36 bits per heavy atom. The van der Waals surface area contributed by atoms with Crippen LogP contribution in [0, 0.1) is 12.8 Å². The third kappa shape index (κ3) is 7.56. The molecule has 1 saturated heterocycles. The lowest BCUT2D eigenvalue weighted by atomic mass is 9.79. The smallest absolute Gasteiger partial charge is 0.407 e. The molecule has 2 aromatic carbocycles. The summed E-state index contributed by atoms with van der Waals surface area (Å²) in [5, 5.41) is 10.0. The summed E-state index contributed by atoms with van der Waals surface area (Å²) in [5.74, 6) is 0.444. The molecule has 7 nitrogen and oxygen atoms in total. The van der Waals surface area contributed by atoms with E-state index in [-0.39, 0.29) is 29.4 Å². The fourth-order valence-corrected chi connectivity index (χ4v) is 6.84. The molecule has 8 heteroatoms. The molecule has 1 aliphatic heterocycles. The van der Waals surface area contributed by atoms with E-state index in [0.717, 1.165) is 54.7 Å². The summed E-state index contributed by atoms with van der Waals surface area (Å²) in [6.45, 7) is 15.3. The molecule has 0 radical (unpaired) electrons. The second-order valence-electron chi connectivity index (χ2n) is 13.6. The van der Waals surface area contributed by atoms with Crippen LogP contribution in [-0.4, -0.2) is 68.1 Å². The number of hydrogen-bond donors (Lipinski definition) is 1. The Bertz CT molecular complexity index is 1240. The number of likely N-dealkylation sites (tertiary alicyclic amines) is 1. The van der Waals surface area contributed by atoms with Gasteiger partial charge in [0.15, 0.2) is 8.32 Å². The average molecular weight is 595 g/mol. The van der Waals surface area contributed by atoms with Crippen LogP contribution in [0.4, 0.5) is 4.79 Å². The maximum Gasteiger partial charge on any atom is 0.407 e. The first-order valence-corrected chi connectivity index (χ1v) is 18.4. The lowest BCUT2D eigenvalue weighted by molar-refractivity contribution is -0.139. The monoisotopic (exact) mass is 594 g/mol. The number of hydrogen-bond acceptors (Lipinski definition) is 4. The predicted molar refractivity (Wildman–Crippen MR) is 170 cm³/mol. The van der Waals surface area contributed by atoms with Crippen LogP contribution in [-0.2, 0) is 22.2 Å². The lowest BCUT2D eigenvalue weighted by Gasteiger charge is -2.39. The fraction of sp³-hybridized carbons (Fsp3) is 0.588. The van der Waals surface area contributed by atoms with Crippen LogP contribution in [0.25, 0.3) is 0 Å². The van der Waals surface area contributed by atoms with Gasteiger partial charge in [0.1, 0.15) is 5.75 Å². The van der Waals surface area contributed by atoms with Crippen molar-refractivity contribution in [3.63, 3.8) is 0 Å². The van der Waals surface area contributed by atoms with Gasteiger partial charge in [0.05, 0.1) is 13.0 Å². The summed E-state index contributed by atoms with van der Waals surface area (Å²) in [6.07, 6.45) is 3.58. The molecule has 4 rings (SSSR count). The molecule has 1 heterocycles. The molecular weight excluding hydrogens is 544 g/mol. The molecule has 42 heavy (non-hydrogen) atoms. The molecule has 2 amide bonds. The number of benzene rings is 2. The molecular formula is C34H50N2O5Si. The van der Waals surface area contributed by atoms with Crippen LogP contribution in [0.15, 0.2) is 42.5 Å². The van der Waals surface area contributed by atoms with Crippen molar-refractivity contribution in [3.05, 3.63) is 64.7 Å². The van der Waals surface area contributed by atoms with E-state index in [2.05, 4.69) is 64.2 Å². The van der Waals surface area contributed by atoms with Gasteiger partial charge in [-0.05, 0) is 91.4 Å². The Kier molecular flexibility index (Phi) is 10.1. The number of carboxylic acid groups (broad SMARTS) is 1. The third-order valence-electron chi connectivity index (χ3n) is 9.71. The second-order valence-corrected chi connectivity index (χ2v) is 18.4. The SMILES string of the molecule is COc1cccc(CN(C(=O)C2CN(C(=O)O)CCC2c2ccc(CCCO[Si](C)(C)C(C)(C)C)cc2)C2CC2)c1C. The Morgan fingerprint density at radius 2 is 1.76 bits per heavy atom. The van der Waals surface area contributed by atoms with Crippen molar-refractivity contribution >= 4 is 20.3 Å². The molecule has 1 aliphatic carbocycles. The van der Waals surface area contributed by atoms with Gasteiger partial charge in [-0.15, -0.1) is 0 Å². The zero-order valence-corrected chi connectivity index (χ0v) is 27.6. The van der Waals surface area contributed by atoms with Gasteiger partial charge in [0, 0.05) is 32.3 Å². The van der Waals surface area contributed by atoms with Crippen LogP contribution >= 0.6 is 0 Å². The highest BCUT2D eigenvalue weighted by molar-refractivity contribution is 6.74. The Morgan fingerprint density at radius 1 is 1.07 bits per heavy atom. The van der Waals surface area contributed by atoms with Gasteiger partial charge in [0.2, 0.25) is 5.91 Å². The van der Waals surface area contributed by atoms with Crippen LogP contribution < -0.4 is 4.74 Å². The van der Waals surface area contributed by atoms with Gasteiger partial charge in [-0.2, -0.15) is 0 Å². The largest absolute Gasteiger partial charge is 0.496 e. The van der Waals surface area contributed by atoms with Crippen LogP contribution in [0.2, 0.25) is 18.1 Å². The third-order valence-corrected chi connectivity index (χ3v) is 14.3. The fourth-order valence-electron chi connectivity index (χ4n) is 5.75. The van der Waals surface area contributed by atoms with Gasteiger partial charge in [0.25, 0.3) is 0 Å². The maximum absolute atomic E-state index is 14.3. The van der Waals surface area contributed by atoms with E-state index < -0.39 is 20.3 Å². The number of nitrogens with zero attached hydrogens (tertiary/aromatic N) is 2. The molecule has 2 aliphatic rings. The number of carbonyl (C=O) groups is 2. The maximum atomic E-state index is 14.3. The first-order valence-electron chi connectivity index (χ1n) is 15.5. The number of methoxy groups -OCH3 is 1. The van der Waals surface area contributed by atoms with E-state index >= 15 is 0 Å².